The Morgan fingerprint density at radius 1 is 1.17 bits per heavy atom. The summed E-state index contributed by atoms with van der Waals surface area (Å²) in [4.78, 5) is 4.38. The van der Waals surface area contributed by atoms with Gasteiger partial charge in [-0.05, 0) is 72.0 Å². The predicted molar refractivity (Wildman–Crippen MR) is 111 cm³/mol. The number of hydrazone groups is 1. The van der Waals surface area contributed by atoms with Crippen LogP contribution in [0.15, 0.2) is 53.8 Å². The Bertz CT molecular complexity index is 1070. The van der Waals surface area contributed by atoms with Crippen LogP contribution in [0.1, 0.15) is 17.1 Å². The van der Waals surface area contributed by atoms with Crippen LogP contribution in [0.25, 0.3) is 0 Å². The molecule has 1 aliphatic rings. The van der Waals surface area contributed by atoms with Crippen molar-refractivity contribution in [2.24, 2.45) is 5.10 Å². The van der Waals surface area contributed by atoms with E-state index in [2.05, 4.69) is 42.5 Å². The number of aryl methyl sites for hydroxylation is 1. The summed E-state index contributed by atoms with van der Waals surface area (Å²) in [5.41, 5.74) is 2.94. The number of anilines is 1. The van der Waals surface area contributed by atoms with Crippen LogP contribution in [-0.4, -0.2) is 33.8 Å². The van der Waals surface area contributed by atoms with E-state index in [1.807, 2.05) is 29.8 Å². The molecule has 1 aliphatic heterocycles. The molecule has 0 fully saturated rings. The number of pyridine rings is 1. The molecule has 0 unspecified atom stereocenters. The van der Waals surface area contributed by atoms with Gasteiger partial charge in [-0.25, -0.2) is 5.01 Å². The lowest BCUT2D eigenvalue weighted by Gasteiger charge is -2.13. The lowest BCUT2D eigenvalue weighted by Crippen LogP contribution is -2.17. The van der Waals surface area contributed by atoms with E-state index in [9.17, 15) is 13.2 Å². The molecule has 3 aromatic rings. The summed E-state index contributed by atoms with van der Waals surface area (Å²) in [6.45, 7) is 2.57. The van der Waals surface area contributed by atoms with E-state index in [1.54, 1.807) is 6.20 Å². The van der Waals surface area contributed by atoms with Gasteiger partial charge in [0.1, 0.15) is 11.4 Å². The van der Waals surface area contributed by atoms with Gasteiger partial charge in [0.15, 0.2) is 6.73 Å². The number of nitrogens with zero attached hydrogens (tertiary/aromatic N) is 5. The van der Waals surface area contributed by atoms with Crippen LogP contribution >= 0.6 is 22.6 Å². The number of ether oxygens (including phenoxy) is 2. The summed E-state index contributed by atoms with van der Waals surface area (Å²) in [6, 6.07) is 11.2. The summed E-state index contributed by atoms with van der Waals surface area (Å²) >= 11 is 2.20. The first-order valence-corrected chi connectivity index (χ1v) is 9.85. The average Bonchev–Trinajstić information content (AvgIpc) is 3.30. The molecule has 2 aromatic heterocycles. The largest absolute Gasteiger partial charge is 0.573 e. The molecule has 0 aliphatic carbocycles. The van der Waals surface area contributed by atoms with Crippen LogP contribution in [0.4, 0.5) is 18.9 Å². The third-order valence-electron chi connectivity index (χ3n) is 4.20. The number of benzene rings is 1. The van der Waals surface area contributed by atoms with E-state index in [1.165, 1.54) is 29.3 Å². The molecule has 156 valence electrons. The minimum Gasteiger partial charge on any atom is -0.452 e. The van der Waals surface area contributed by atoms with Gasteiger partial charge < -0.3 is 9.47 Å². The molecule has 3 heterocycles. The lowest BCUT2D eigenvalue weighted by atomic mass is 10.3. The van der Waals surface area contributed by atoms with E-state index in [0.717, 1.165) is 15.0 Å². The molecular formula is C19H15F3IN5O2. The van der Waals surface area contributed by atoms with Crippen LogP contribution in [0.2, 0.25) is 0 Å². The van der Waals surface area contributed by atoms with Gasteiger partial charge in [-0.15, -0.1) is 18.3 Å². The molecule has 0 saturated carbocycles. The summed E-state index contributed by atoms with van der Waals surface area (Å²) in [5.74, 6) is 0.0391. The molecule has 0 spiro atoms. The van der Waals surface area contributed by atoms with Crippen LogP contribution in [0, 0.1) is 10.5 Å². The van der Waals surface area contributed by atoms with Gasteiger partial charge in [0.05, 0.1) is 17.9 Å². The lowest BCUT2D eigenvalue weighted by molar-refractivity contribution is -0.274. The SMILES string of the molecule is Cc1cc(C2=NN(c3ccc(OC(F)(F)F)cc3)CO2)nn1Cc1ccc(I)cn1. The van der Waals surface area contributed by atoms with Gasteiger partial charge in [-0.2, -0.15) is 5.10 Å². The van der Waals surface area contributed by atoms with Crippen molar-refractivity contribution in [3.63, 3.8) is 0 Å². The molecule has 0 bridgehead atoms. The summed E-state index contributed by atoms with van der Waals surface area (Å²) in [5, 5.41) is 10.4. The second-order valence-electron chi connectivity index (χ2n) is 6.42. The molecule has 7 nitrogen and oxygen atoms in total. The maximum Gasteiger partial charge on any atom is 0.573 e. The molecule has 0 saturated heterocycles. The van der Waals surface area contributed by atoms with Gasteiger partial charge in [0.25, 0.3) is 5.90 Å². The highest BCUT2D eigenvalue weighted by molar-refractivity contribution is 14.1. The van der Waals surface area contributed by atoms with Crippen molar-refractivity contribution in [1.29, 1.82) is 0 Å². The maximum atomic E-state index is 12.3. The fourth-order valence-corrected chi connectivity index (χ4v) is 3.11. The molecular weight excluding hydrogens is 514 g/mol. The minimum atomic E-state index is -4.73. The number of hydrogen-bond acceptors (Lipinski definition) is 6. The summed E-state index contributed by atoms with van der Waals surface area (Å²) in [6.07, 6.45) is -2.93. The zero-order chi connectivity index (χ0) is 21.3. The standard InChI is InChI=1S/C19H15F3IN5O2/c1-12-8-17(25-27(12)10-14-3-2-13(23)9-24-14)18-26-28(11-29-18)15-4-6-16(7-5-15)30-19(20,21)22/h2-9H,10-11H2,1H3. The number of alkyl halides is 3. The van der Waals surface area contributed by atoms with Crippen molar-refractivity contribution in [2.75, 3.05) is 11.7 Å². The topological polar surface area (TPSA) is 64.8 Å². The summed E-state index contributed by atoms with van der Waals surface area (Å²) < 4.78 is 49.2. The average molecular weight is 529 g/mol. The fraction of sp³-hybridized carbons (Fsp3) is 0.211. The Labute approximate surface area is 183 Å². The number of halogens is 4. The van der Waals surface area contributed by atoms with Gasteiger partial charge >= 0.3 is 6.36 Å². The molecule has 1 aromatic carbocycles. The number of hydrogen-bond donors (Lipinski definition) is 0. The second-order valence-corrected chi connectivity index (χ2v) is 7.66. The van der Waals surface area contributed by atoms with Gasteiger partial charge in [-0.1, -0.05) is 0 Å². The zero-order valence-corrected chi connectivity index (χ0v) is 17.8. The number of aromatic nitrogens is 3. The predicted octanol–water partition coefficient (Wildman–Crippen LogP) is 4.29. The molecule has 4 rings (SSSR count). The van der Waals surface area contributed by atoms with E-state index in [0.29, 0.717) is 23.8 Å². The fourth-order valence-electron chi connectivity index (χ4n) is 2.80. The molecule has 11 heteroatoms. The Morgan fingerprint density at radius 3 is 2.60 bits per heavy atom. The van der Waals surface area contributed by atoms with Crippen molar-refractivity contribution in [2.45, 2.75) is 19.8 Å². The van der Waals surface area contributed by atoms with E-state index in [-0.39, 0.29) is 12.5 Å². The van der Waals surface area contributed by atoms with E-state index >= 15 is 0 Å². The molecule has 0 N–H and O–H groups in total. The monoisotopic (exact) mass is 529 g/mol. The first-order chi connectivity index (χ1) is 14.3. The van der Waals surface area contributed by atoms with Gasteiger partial charge in [-0.3, -0.25) is 9.67 Å². The van der Waals surface area contributed by atoms with Crippen LogP contribution < -0.4 is 9.75 Å². The van der Waals surface area contributed by atoms with Crippen LogP contribution in [-0.2, 0) is 11.3 Å². The summed E-state index contributed by atoms with van der Waals surface area (Å²) in [7, 11) is 0. The van der Waals surface area contributed by atoms with Crippen molar-refractivity contribution in [3.05, 3.63) is 69.3 Å². The number of rotatable bonds is 5. The quantitative estimate of drug-likeness (QED) is 0.462. The highest BCUT2D eigenvalue weighted by Gasteiger charge is 2.31. The minimum absolute atomic E-state index is 0.124. The Kier molecular flexibility index (Phi) is 5.54. The van der Waals surface area contributed by atoms with Gasteiger partial charge in [0, 0.05) is 15.5 Å². The van der Waals surface area contributed by atoms with Crippen LogP contribution in [0.3, 0.4) is 0 Å². The second kappa shape index (κ2) is 8.13. The first-order valence-electron chi connectivity index (χ1n) is 8.77. The van der Waals surface area contributed by atoms with Crippen molar-refractivity contribution < 1.29 is 22.6 Å². The smallest absolute Gasteiger partial charge is 0.452 e. The highest BCUT2D eigenvalue weighted by atomic mass is 127. The van der Waals surface area contributed by atoms with Crippen LogP contribution in [0.5, 0.6) is 5.75 Å². The van der Waals surface area contributed by atoms with E-state index in [4.69, 9.17) is 4.74 Å². The van der Waals surface area contributed by atoms with Crippen molar-refractivity contribution >= 4 is 34.2 Å². The Hall–Kier alpha value is -2.83. The first kappa shape index (κ1) is 20.4. The van der Waals surface area contributed by atoms with E-state index < -0.39 is 6.36 Å². The Balaban J connectivity index is 1.48. The molecule has 0 atom stereocenters. The normalized spacial score (nSPS) is 13.9. The molecule has 0 amide bonds. The molecule has 30 heavy (non-hydrogen) atoms. The van der Waals surface area contributed by atoms with Gasteiger partial charge in [0.2, 0.25) is 0 Å². The highest BCUT2D eigenvalue weighted by Crippen LogP contribution is 2.27. The van der Waals surface area contributed by atoms with Crippen molar-refractivity contribution in [3.8, 4) is 5.75 Å². The third-order valence-corrected chi connectivity index (χ3v) is 4.84. The third kappa shape index (κ3) is 4.83. The zero-order valence-electron chi connectivity index (χ0n) is 15.6. The van der Waals surface area contributed by atoms with Crippen molar-refractivity contribution in [1.82, 2.24) is 14.8 Å². The maximum absolute atomic E-state index is 12.3. The molecule has 0 radical (unpaired) electrons. The Morgan fingerprint density at radius 2 is 1.93 bits per heavy atom.